The van der Waals surface area contributed by atoms with Gasteiger partial charge in [0.05, 0.1) is 0 Å². The molecule has 0 radical (unpaired) electrons. The maximum Gasteiger partial charge on any atom is 0.233 e. The monoisotopic (exact) mass is 475 g/mol. The number of aromatic nitrogens is 3. The van der Waals surface area contributed by atoms with Crippen LogP contribution in [-0.2, 0) is 0 Å². The van der Waals surface area contributed by atoms with E-state index < -0.39 is 12.7 Å². The number of hydrogen-bond donors (Lipinski definition) is 3. The van der Waals surface area contributed by atoms with E-state index in [2.05, 4.69) is 47.5 Å². The van der Waals surface area contributed by atoms with Gasteiger partial charge in [-0.15, -0.1) is 0 Å². The molecule has 0 amide bonds. The normalized spacial score (nSPS) is 19.2. The van der Waals surface area contributed by atoms with E-state index in [1.807, 2.05) is 0 Å². The quantitative estimate of drug-likeness (QED) is 0.421. The molecule has 1 aliphatic carbocycles. The third-order valence-electron chi connectivity index (χ3n) is 6.71. The van der Waals surface area contributed by atoms with Crippen LogP contribution in [0.25, 0.3) is 0 Å². The fraction of sp³-hybridized carbons (Fsp3) is 0.625. The topological polar surface area (TPSA) is 87.2 Å². The second-order valence-electron chi connectivity index (χ2n) is 9.02. The molecule has 1 unspecified atom stereocenters. The molecule has 3 N–H and O–H groups in total. The predicted molar refractivity (Wildman–Crippen MR) is 130 cm³/mol. The number of anilines is 4. The van der Waals surface area contributed by atoms with Crippen LogP contribution < -0.4 is 20.7 Å². The van der Waals surface area contributed by atoms with Crippen LogP contribution >= 0.6 is 0 Å². The summed E-state index contributed by atoms with van der Waals surface area (Å²) in [5.41, 5.74) is 0.437. The zero-order chi connectivity index (χ0) is 23.8. The number of alkyl halides is 1. The van der Waals surface area contributed by atoms with Gasteiger partial charge in [-0.2, -0.15) is 15.0 Å². The fourth-order valence-corrected chi connectivity index (χ4v) is 4.85. The summed E-state index contributed by atoms with van der Waals surface area (Å²) < 4.78 is 31.2. The van der Waals surface area contributed by atoms with Crippen LogP contribution in [0.3, 0.4) is 0 Å². The minimum Gasteiger partial charge on any atom is -0.460 e. The average Bonchev–Trinajstić information content (AvgIpc) is 3.31. The molecule has 1 saturated heterocycles. The van der Waals surface area contributed by atoms with E-state index >= 15 is 0 Å². The highest BCUT2D eigenvalue weighted by atomic mass is 19.1. The van der Waals surface area contributed by atoms with Crippen molar-refractivity contribution in [3.8, 4) is 5.75 Å². The van der Waals surface area contributed by atoms with E-state index in [1.54, 1.807) is 6.07 Å². The number of nitrogens with zero attached hydrogens (tertiary/aromatic N) is 4. The first-order chi connectivity index (χ1) is 16.6. The molecule has 1 atom stereocenters. The van der Waals surface area contributed by atoms with Crippen LogP contribution in [0.1, 0.15) is 51.9 Å². The van der Waals surface area contributed by atoms with Crippen molar-refractivity contribution in [2.75, 3.05) is 49.0 Å². The van der Waals surface area contributed by atoms with Gasteiger partial charge in [0.15, 0.2) is 11.6 Å². The van der Waals surface area contributed by atoms with Gasteiger partial charge >= 0.3 is 0 Å². The fourth-order valence-electron chi connectivity index (χ4n) is 4.85. The Morgan fingerprint density at radius 1 is 0.971 bits per heavy atom. The molecule has 1 saturated carbocycles. The molecule has 1 aromatic carbocycles. The summed E-state index contributed by atoms with van der Waals surface area (Å²) in [6, 6.07) is 4.65. The molecule has 8 nitrogen and oxygen atoms in total. The van der Waals surface area contributed by atoms with Gasteiger partial charge in [0.25, 0.3) is 0 Å². The molecular weight excluding hydrogens is 440 g/mol. The highest BCUT2D eigenvalue weighted by Gasteiger charge is 2.23. The highest BCUT2D eigenvalue weighted by molar-refractivity contribution is 5.57. The first-order valence-corrected chi connectivity index (χ1v) is 12.4. The number of rotatable bonds is 11. The van der Waals surface area contributed by atoms with E-state index in [0.717, 1.165) is 32.6 Å². The molecule has 0 spiro atoms. The summed E-state index contributed by atoms with van der Waals surface area (Å²) in [7, 11) is 0. The lowest BCUT2D eigenvalue weighted by Gasteiger charge is -2.23. The number of benzene rings is 1. The average molecular weight is 476 g/mol. The maximum atomic E-state index is 14.2. The van der Waals surface area contributed by atoms with Gasteiger partial charge in [0, 0.05) is 30.9 Å². The summed E-state index contributed by atoms with van der Waals surface area (Å²) in [6.07, 6.45) is 8.64. The molecular formula is C24H35F2N7O. The van der Waals surface area contributed by atoms with Crippen molar-refractivity contribution in [3.05, 3.63) is 24.0 Å². The van der Waals surface area contributed by atoms with Gasteiger partial charge < -0.3 is 20.7 Å². The van der Waals surface area contributed by atoms with Crippen LogP contribution in [0.2, 0.25) is 0 Å². The summed E-state index contributed by atoms with van der Waals surface area (Å²) in [6.45, 7) is 4.81. The van der Waals surface area contributed by atoms with Crippen LogP contribution in [0, 0.1) is 11.7 Å². The first-order valence-electron chi connectivity index (χ1n) is 12.4. The standard InChI is InChI=1S/C24H35F2N7O/c1-2-33-12-6-9-19(33)15-28-23-30-22(27-14-17-7-4-3-5-8-17)31-24(32-23)29-18-10-11-21(34-16-25)20(26)13-18/h10-11,13,17,19H,2-9,12,14-16H2,1H3,(H3,27,28,29,30,31,32). The van der Waals surface area contributed by atoms with Crippen molar-refractivity contribution in [2.45, 2.75) is 57.9 Å². The van der Waals surface area contributed by atoms with E-state index in [1.165, 1.54) is 50.7 Å². The van der Waals surface area contributed by atoms with Crippen molar-refractivity contribution in [2.24, 2.45) is 5.92 Å². The zero-order valence-electron chi connectivity index (χ0n) is 19.8. The summed E-state index contributed by atoms with van der Waals surface area (Å²) in [4.78, 5) is 16.1. The lowest BCUT2D eigenvalue weighted by molar-refractivity contribution is 0.184. The van der Waals surface area contributed by atoms with Gasteiger partial charge in [-0.05, 0) is 56.8 Å². The summed E-state index contributed by atoms with van der Waals surface area (Å²) >= 11 is 0. The Balaban J connectivity index is 1.47. The van der Waals surface area contributed by atoms with E-state index in [0.29, 0.717) is 35.5 Å². The summed E-state index contributed by atoms with van der Waals surface area (Å²) in [5.74, 6) is 1.09. The van der Waals surface area contributed by atoms with Crippen LogP contribution in [-0.4, -0.2) is 58.9 Å². The largest absolute Gasteiger partial charge is 0.460 e. The SMILES string of the molecule is CCN1CCCC1CNc1nc(NCC2CCCCC2)nc(Nc2ccc(OCF)c(F)c2)n1. The van der Waals surface area contributed by atoms with Gasteiger partial charge in [-0.3, -0.25) is 4.90 Å². The van der Waals surface area contributed by atoms with Crippen LogP contribution in [0.15, 0.2) is 18.2 Å². The van der Waals surface area contributed by atoms with Crippen molar-refractivity contribution in [1.29, 1.82) is 0 Å². The molecule has 34 heavy (non-hydrogen) atoms. The Labute approximate surface area is 199 Å². The highest BCUT2D eigenvalue weighted by Crippen LogP contribution is 2.26. The Morgan fingerprint density at radius 2 is 1.71 bits per heavy atom. The molecule has 2 fully saturated rings. The molecule has 2 aromatic rings. The van der Waals surface area contributed by atoms with E-state index in [4.69, 9.17) is 0 Å². The minimum absolute atomic E-state index is 0.141. The molecule has 4 rings (SSSR count). The van der Waals surface area contributed by atoms with E-state index in [-0.39, 0.29) is 5.75 Å². The number of hydrogen-bond acceptors (Lipinski definition) is 8. The third-order valence-corrected chi connectivity index (χ3v) is 6.71. The number of ether oxygens (including phenoxy) is 1. The maximum absolute atomic E-state index is 14.2. The third kappa shape index (κ3) is 6.65. The van der Waals surface area contributed by atoms with Gasteiger partial charge in [-0.1, -0.05) is 26.2 Å². The molecule has 186 valence electrons. The Bertz CT molecular complexity index is 926. The molecule has 2 aliphatic rings. The number of likely N-dealkylation sites (tertiary alicyclic amines) is 1. The van der Waals surface area contributed by atoms with Crippen molar-refractivity contribution < 1.29 is 13.5 Å². The Hall–Kier alpha value is -2.75. The number of likely N-dealkylation sites (N-methyl/N-ethyl adjacent to an activating group) is 1. The van der Waals surface area contributed by atoms with Gasteiger partial charge in [0.1, 0.15) is 0 Å². The number of nitrogens with one attached hydrogen (secondary N) is 3. The summed E-state index contributed by atoms with van der Waals surface area (Å²) in [5, 5.41) is 9.79. The van der Waals surface area contributed by atoms with Crippen molar-refractivity contribution in [3.63, 3.8) is 0 Å². The van der Waals surface area contributed by atoms with Gasteiger partial charge in [-0.25, -0.2) is 8.78 Å². The molecule has 1 aromatic heterocycles. The van der Waals surface area contributed by atoms with Crippen molar-refractivity contribution in [1.82, 2.24) is 19.9 Å². The Morgan fingerprint density at radius 3 is 2.41 bits per heavy atom. The van der Waals surface area contributed by atoms with Crippen molar-refractivity contribution >= 4 is 23.5 Å². The minimum atomic E-state index is -1.08. The lowest BCUT2D eigenvalue weighted by Crippen LogP contribution is -2.35. The second-order valence-corrected chi connectivity index (χ2v) is 9.02. The smallest absolute Gasteiger partial charge is 0.233 e. The molecule has 0 bridgehead atoms. The molecule has 2 heterocycles. The van der Waals surface area contributed by atoms with Gasteiger partial charge in [0.2, 0.25) is 24.7 Å². The molecule has 1 aliphatic heterocycles. The zero-order valence-corrected chi connectivity index (χ0v) is 19.8. The Kier molecular flexibility index (Phi) is 8.67. The van der Waals surface area contributed by atoms with Crippen LogP contribution in [0.4, 0.5) is 32.3 Å². The second kappa shape index (κ2) is 12.1. The predicted octanol–water partition coefficient (Wildman–Crippen LogP) is 4.95. The number of halogens is 2. The molecule has 10 heteroatoms. The van der Waals surface area contributed by atoms with E-state index in [9.17, 15) is 8.78 Å². The lowest BCUT2D eigenvalue weighted by atomic mass is 9.89. The first kappa shape index (κ1) is 24.4. The van der Waals surface area contributed by atoms with Crippen LogP contribution in [0.5, 0.6) is 5.75 Å².